The maximum Gasteiger partial charge on any atom is 0.241 e. The van der Waals surface area contributed by atoms with Gasteiger partial charge in [0.1, 0.15) is 12.9 Å². The Kier molecular flexibility index (Phi) is 3.14. The highest BCUT2D eigenvalue weighted by Crippen LogP contribution is 2.47. The van der Waals surface area contributed by atoms with Gasteiger partial charge in [-0.2, -0.15) is 0 Å². The first-order valence-electron chi connectivity index (χ1n) is 5.32. The fourth-order valence-corrected chi connectivity index (χ4v) is 1.67. The Morgan fingerprint density at radius 2 is 2.38 bits per heavy atom. The maximum absolute atomic E-state index is 11.5. The number of nitrogens with one attached hydrogen (secondary N) is 1. The fraction of sp³-hybridized carbons (Fsp3) is 0.778. The third-order valence-corrected chi connectivity index (χ3v) is 2.96. The number of aliphatic hydroxyl groups is 1. The molecule has 0 saturated heterocycles. The average molecular weight is 225 g/mol. The summed E-state index contributed by atoms with van der Waals surface area (Å²) in [6, 6.07) is 0. The van der Waals surface area contributed by atoms with Crippen LogP contribution in [-0.4, -0.2) is 44.4 Å². The quantitative estimate of drug-likeness (QED) is 0.644. The molecule has 1 amide bonds. The summed E-state index contributed by atoms with van der Waals surface area (Å²) >= 11 is 0. The molecule has 7 heteroatoms. The molecule has 0 radical (unpaired) electrons. The molecule has 16 heavy (non-hydrogen) atoms. The first-order valence-corrected chi connectivity index (χ1v) is 5.32. The molecule has 0 aliphatic heterocycles. The van der Waals surface area contributed by atoms with Crippen molar-refractivity contribution in [3.8, 4) is 0 Å². The topological polar surface area (TPSA) is 92.9 Å². The molecule has 0 aromatic carbocycles. The van der Waals surface area contributed by atoms with Crippen molar-refractivity contribution in [3.05, 3.63) is 6.33 Å². The first-order chi connectivity index (χ1) is 7.74. The van der Waals surface area contributed by atoms with E-state index < -0.39 is 0 Å². The van der Waals surface area contributed by atoms with Gasteiger partial charge in [-0.15, -0.1) is 5.10 Å². The van der Waals surface area contributed by atoms with Gasteiger partial charge in [-0.3, -0.25) is 4.79 Å². The SMILES string of the molecule is O=C(Cn1cnnn1)NCC1(CCO)CC1. The minimum absolute atomic E-state index is 0.100. The number of rotatable bonds is 6. The molecule has 0 bridgehead atoms. The van der Waals surface area contributed by atoms with E-state index in [9.17, 15) is 4.79 Å². The zero-order valence-corrected chi connectivity index (χ0v) is 8.96. The van der Waals surface area contributed by atoms with Gasteiger partial charge in [-0.1, -0.05) is 0 Å². The Bertz CT molecular complexity index is 347. The Hall–Kier alpha value is -1.50. The Labute approximate surface area is 92.8 Å². The second kappa shape index (κ2) is 4.56. The van der Waals surface area contributed by atoms with Gasteiger partial charge in [0.15, 0.2) is 0 Å². The van der Waals surface area contributed by atoms with Crippen LogP contribution in [0.3, 0.4) is 0 Å². The van der Waals surface area contributed by atoms with Crippen LogP contribution in [0.15, 0.2) is 6.33 Å². The first kappa shape index (κ1) is 11.0. The van der Waals surface area contributed by atoms with Crippen molar-refractivity contribution in [2.24, 2.45) is 5.41 Å². The van der Waals surface area contributed by atoms with Crippen molar-refractivity contribution < 1.29 is 9.90 Å². The molecule has 7 nitrogen and oxygen atoms in total. The molecule has 1 saturated carbocycles. The molecular formula is C9H15N5O2. The van der Waals surface area contributed by atoms with Crippen molar-refractivity contribution in [3.63, 3.8) is 0 Å². The lowest BCUT2D eigenvalue weighted by Crippen LogP contribution is -2.33. The Morgan fingerprint density at radius 3 is 2.94 bits per heavy atom. The van der Waals surface area contributed by atoms with Crippen LogP contribution in [0.4, 0.5) is 0 Å². The lowest BCUT2D eigenvalue weighted by Gasteiger charge is -2.14. The number of carbonyl (C=O) groups is 1. The zero-order valence-electron chi connectivity index (χ0n) is 8.96. The molecular weight excluding hydrogens is 210 g/mol. The summed E-state index contributed by atoms with van der Waals surface area (Å²) in [4.78, 5) is 11.5. The van der Waals surface area contributed by atoms with Crippen LogP contribution < -0.4 is 5.32 Å². The summed E-state index contributed by atoms with van der Waals surface area (Å²) in [5.41, 5.74) is 0.144. The van der Waals surface area contributed by atoms with Crippen LogP contribution in [0, 0.1) is 5.41 Å². The maximum atomic E-state index is 11.5. The predicted molar refractivity (Wildman–Crippen MR) is 54.2 cm³/mol. The number of aliphatic hydroxyl groups excluding tert-OH is 1. The van der Waals surface area contributed by atoms with E-state index in [0.717, 1.165) is 19.3 Å². The van der Waals surface area contributed by atoms with Crippen LogP contribution in [0.2, 0.25) is 0 Å². The van der Waals surface area contributed by atoms with Gasteiger partial charge in [0.05, 0.1) is 0 Å². The van der Waals surface area contributed by atoms with E-state index in [1.165, 1.54) is 11.0 Å². The zero-order chi connectivity index (χ0) is 11.4. The van der Waals surface area contributed by atoms with E-state index in [2.05, 4.69) is 20.8 Å². The van der Waals surface area contributed by atoms with Crippen LogP contribution in [-0.2, 0) is 11.3 Å². The van der Waals surface area contributed by atoms with Crippen molar-refractivity contribution in [1.82, 2.24) is 25.5 Å². The summed E-state index contributed by atoms with van der Waals surface area (Å²) in [5.74, 6) is -0.100. The second-order valence-corrected chi connectivity index (χ2v) is 4.26. The standard InChI is InChI=1S/C9H15N5O2/c15-4-3-9(1-2-9)6-10-8(16)5-14-7-11-12-13-14/h7,15H,1-6H2,(H,10,16). The average Bonchev–Trinajstić information content (AvgIpc) is 2.83. The third kappa shape index (κ3) is 2.75. The summed E-state index contributed by atoms with van der Waals surface area (Å²) in [7, 11) is 0. The molecule has 88 valence electrons. The van der Waals surface area contributed by atoms with E-state index in [0.29, 0.717) is 6.54 Å². The van der Waals surface area contributed by atoms with Gasteiger partial charge in [-0.05, 0) is 35.1 Å². The molecule has 0 unspecified atom stereocenters. The molecule has 2 N–H and O–H groups in total. The molecule has 1 aliphatic rings. The van der Waals surface area contributed by atoms with Gasteiger partial charge in [-0.25, -0.2) is 4.68 Å². The number of amides is 1. The van der Waals surface area contributed by atoms with Crippen LogP contribution in [0.1, 0.15) is 19.3 Å². The monoisotopic (exact) mass is 225 g/mol. The number of tetrazole rings is 1. The van der Waals surface area contributed by atoms with Crippen molar-refractivity contribution in [2.45, 2.75) is 25.8 Å². The normalized spacial score (nSPS) is 17.1. The van der Waals surface area contributed by atoms with E-state index in [1.54, 1.807) is 0 Å². The molecule has 1 fully saturated rings. The van der Waals surface area contributed by atoms with E-state index in [1.807, 2.05) is 0 Å². The fourth-order valence-electron chi connectivity index (χ4n) is 1.67. The summed E-state index contributed by atoms with van der Waals surface area (Å²) in [5, 5.41) is 22.2. The number of aromatic nitrogens is 4. The van der Waals surface area contributed by atoms with Crippen LogP contribution in [0.5, 0.6) is 0 Å². The van der Waals surface area contributed by atoms with Crippen LogP contribution in [0.25, 0.3) is 0 Å². The summed E-state index contributed by atoms with van der Waals surface area (Å²) < 4.78 is 1.38. The lowest BCUT2D eigenvalue weighted by molar-refractivity contribution is -0.122. The molecule has 0 spiro atoms. The molecule has 0 atom stereocenters. The third-order valence-electron chi connectivity index (χ3n) is 2.96. The Morgan fingerprint density at radius 1 is 1.56 bits per heavy atom. The highest BCUT2D eigenvalue weighted by Gasteiger charge is 2.41. The number of carbonyl (C=O) groups excluding carboxylic acids is 1. The molecule has 1 aromatic rings. The van der Waals surface area contributed by atoms with Crippen molar-refractivity contribution >= 4 is 5.91 Å². The highest BCUT2D eigenvalue weighted by atomic mass is 16.3. The largest absolute Gasteiger partial charge is 0.396 e. The van der Waals surface area contributed by atoms with Gasteiger partial charge >= 0.3 is 0 Å². The van der Waals surface area contributed by atoms with E-state index >= 15 is 0 Å². The van der Waals surface area contributed by atoms with Gasteiger partial charge in [0.25, 0.3) is 0 Å². The summed E-state index contributed by atoms with van der Waals surface area (Å²) in [6.45, 7) is 0.958. The number of hydrogen-bond acceptors (Lipinski definition) is 5. The van der Waals surface area contributed by atoms with Gasteiger partial charge in [0.2, 0.25) is 5.91 Å². The van der Waals surface area contributed by atoms with Crippen molar-refractivity contribution in [1.29, 1.82) is 0 Å². The van der Waals surface area contributed by atoms with Crippen molar-refractivity contribution in [2.75, 3.05) is 13.2 Å². The number of hydrogen-bond donors (Lipinski definition) is 2. The molecule has 2 rings (SSSR count). The highest BCUT2D eigenvalue weighted by molar-refractivity contribution is 5.75. The second-order valence-electron chi connectivity index (χ2n) is 4.26. The molecule has 1 aromatic heterocycles. The molecule has 1 aliphatic carbocycles. The smallest absolute Gasteiger partial charge is 0.241 e. The lowest BCUT2D eigenvalue weighted by atomic mass is 10.0. The molecule has 1 heterocycles. The van der Waals surface area contributed by atoms with E-state index in [-0.39, 0.29) is 24.5 Å². The van der Waals surface area contributed by atoms with E-state index in [4.69, 9.17) is 5.11 Å². The Balaban J connectivity index is 1.72. The number of nitrogens with zero attached hydrogens (tertiary/aromatic N) is 4. The predicted octanol–water partition coefficient (Wildman–Crippen LogP) is -1.05. The van der Waals surface area contributed by atoms with Crippen LogP contribution >= 0.6 is 0 Å². The minimum Gasteiger partial charge on any atom is -0.396 e. The van der Waals surface area contributed by atoms with Gasteiger partial charge in [0, 0.05) is 13.2 Å². The summed E-state index contributed by atoms with van der Waals surface area (Å²) in [6.07, 6.45) is 4.33. The minimum atomic E-state index is -0.100. The van der Waals surface area contributed by atoms with Gasteiger partial charge < -0.3 is 10.4 Å².